The second-order valence-electron chi connectivity index (χ2n) is 6.22. The Morgan fingerprint density at radius 1 is 1.40 bits per heavy atom. The standard InChI is InChI=1S/C18H24N4O2S/c1-21(2)16(14-5-11-25-13-14)12-20-18(23)15-4-3-6-19-17(15)22-7-9-24-10-8-22/h3-6,11,13,16H,7-10,12H2,1-2H3,(H,20,23)/t16-/m1/s1. The van der Waals surface area contributed by atoms with Crippen LogP contribution < -0.4 is 10.2 Å². The highest BCUT2D eigenvalue weighted by atomic mass is 32.1. The molecule has 0 bridgehead atoms. The molecule has 1 saturated heterocycles. The number of hydrogen-bond donors (Lipinski definition) is 1. The number of rotatable bonds is 6. The van der Waals surface area contributed by atoms with Crippen LogP contribution in [0.5, 0.6) is 0 Å². The van der Waals surface area contributed by atoms with Crippen LogP contribution in [0.15, 0.2) is 35.2 Å². The number of morpholine rings is 1. The summed E-state index contributed by atoms with van der Waals surface area (Å²) in [5.41, 5.74) is 1.84. The Morgan fingerprint density at radius 3 is 2.88 bits per heavy atom. The zero-order valence-corrected chi connectivity index (χ0v) is 15.5. The van der Waals surface area contributed by atoms with Gasteiger partial charge in [-0.05, 0) is 48.6 Å². The van der Waals surface area contributed by atoms with E-state index in [1.54, 1.807) is 23.6 Å². The lowest BCUT2D eigenvalue weighted by molar-refractivity contribution is 0.0940. The normalized spacial score (nSPS) is 16.0. The first kappa shape index (κ1) is 17.8. The first-order valence-corrected chi connectivity index (χ1v) is 9.35. The third-order valence-electron chi connectivity index (χ3n) is 4.35. The Kier molecular flexibility index (Phi) is 6.01. The Labute approximate surface area is 152 Å². The fraction of sp³-hybridized carbons (Fsp3) is 0.444. The van der Waals surface area contributed by atoms with Crippen LogP contribution >= 0.6 is 11.3 Å². The summed E-state index contributed by atoms with van der Waals surface area (Å²) in [6.07, 6.45) is 1.73. The Morgan fingerprint density at radius 2 is 2.20 bits per heavy atom. The molecule has 0 saturated carbocycles. The van der Waals surface area contributed by atoms with E-state index in [-0.39, 0.29) is 11.9 Å². The largest absolute Gasteiger partial charge is 0.378 e. The van der Waals surface area contributed by atoms with Gasteiger partial charge < -0.3 is 19.9 Å². The van der Waals surface area contributed by atoms with Crippen molar-refractivity contribution in [2.75, 3.05) is 51.8 Å². The van der Waals surface area contributed by atoms with Crippen molar-refractivity contribution in [1.82, 2.24) is 15.2 Å². The number of carbonyl (C=O) groups is 1. The molecule has 0 aromatic carbocycles. The fourth-order valence-corrected chi connectivity index (χ4v) is 3.66. The summed E-state index contributed by atoms with van der Waals surface area (Å²) < 4.78 is 5.39. The molecular formula is C18H24N4O2S. The number of hydrogen-bond acceptors (Lipinski definition) is 6. The van der Waals surface area contributed by atoms with Gasteiger partial charge in [-0.15, -0.1) is 0 Å². The summed E-state index contributed by atoms with van der Waals surface area (Å²) >= 11 is 1.67. The van der Waals surface area contributed by atoms with Crippen molar-refractivity contribution in [1.29, 1.82) is 0 Å². The molecule has 6 nitrogen and oxygen atoms in total. The number of thiophene rings is 1. The number of nitrogens with zero attached hydrogens (tertiary/aromatic N) is 3. The first-order valence-electron chi connectivity index (χ1n) is 8.41. The topological polar surface area (TPSA) is 57.7 Å². The maximum atomic E-state index is 12.8. The van der Waals surface area contributed by atoms with E-state index < -0.39 is 0 Å². The molecule has 0 spiro atoms. The maximum absolute atomic E-state index is 12.8. The zero-order chi connectivity index (χ0) is 17.6. The van der Waals surface area contributed by atoms with Gasteiger partial charge in [-0.1, -0.05) is 0 Å². The minimum absolute atomic E-state index is 0.0864. The minimum atomic E-state index is -0.0864. The van der Waals surface area contributed by atoms with E-state index in [0.717, 1.165) is 18.9 Å². The molecule has 7 heteroatoms. The van der Waals surface area contributed by atoms with Gasteiger partial charge in [-0.25, -0.2) is 4.98 Å². The second-order valence-corrected chi connectivity index (χ2v) is 7.00. The summed E-state index contributed by atoms with van der Waals surface area (Å²) in [6, 6.07) is 5.90. The second kappa shape index (κ2) is 8.42. The van der Waals surface area contributed by atoms with Crippen LogP contribution in [-0.4, -0.2) is 62.7 Å². The summed E-state index contributed by atoms with van der Waals surface area (Å²) in [5.74, 6) is 0.650. The third kappa shape index (κ3) is 4.36. The maximum Gasteiger partial charge on any atom is 0.255 e. The van der Waals surface area contributed by atoms with Crippen molar-refractivity contribution in [3.8, 4) is 0 Å². The lowest BCUT2D eigenvalue weighted by Gasteiger charge is -2.29. The summed E-state index contributed by atoms with van der Waals surface area (Å²) in [6.45, 7) is 3.40. The van der Waals surface area contributed by atoms with Gasteiger partial charge in [0.1, 0.15) is 5.82 Å². The smallest absolute Gasteiger partial charge is 0.255 e. The van der Waals surface area contributed by atoms with E-state index >= 15 is 0 Å². The van der Waals surface area contributed by atoms with E-state index in [2.05, 4.69) is 36.9 Å². The molecular weight excluding hydrogens is 336 g/mol. The van der Waals surface area contributed by atoms with E-state index in [9.17, 15) is 4.79 Å². The number of aromatic nitrogens is 1. The lowest BCUT2D eigenvalue weighted by Crippen LogP contribution is -2.39. The SMILES string of the molecule is CN(C)[C@H](CNC(=O)c1cccnc1N1CCOCC1)c1ccsc1. The van der Waals surface area contributed by atoms with Crippen LogP contribution in [-0.2, 0) is 4.74 Å². The molecule has 25 heavy (non-hydrogen) atoms. The Balaban J connectivity index is 1.71. The van der Waals surface area contributed by atoms with E-state index in [1.807, 2.05) is 20.2 Å². The predicted molar refractivity (Wildman–Crippen MR) is 100 cm³/mol. The highest BCUT2D eigenvalue weighted by Crippen LogP contribution is 2.21. The molecule has 1 fully saturated rings. The van der Waals surface area contributed by atoms with Gasteiger partial charge in [-0.2, -0.15) is 11.3 Å². The predicted octanol–water partition coefficient (Wildman–Crippen LogP) is 2.01. The molecule has 1 aliphatic rings. The van der Waals surface area contributed by atoms with Crippen molar-refractivity contribution in [2.24, 2.45) is 0 Å². The fourth-order valence-electron chi connectivity index (χ4n) is 2.95. The highest BCUT2D eigenvalue weighted by Gasteiger charge is 2.21. The lowest BCUT2D eigenvalue weighted by atomic mass is 10.1. The molecule has 2 aromatic rings. The highest BCUT2D eigenvalue weighted by molar-refractivity contribution is 7.07. The Bertz CT molecular complexity index is 684. The van der Waals surface area contributed by atoms with Crippen molar-refractivity contribution in [3.63, 3.8) is 0 Å². The zero-order valence-electron chi connectivity index (χ0n) is 14.6. The van der Waals surface area contributed by atoms with Crippen LogP contribution in [0.1, 0.15) is 22.0 Å². The monoisotopic (exact) mass is 360 g/mol. The van der Waals surface area contributed by atoms with Gasteiger partial charge in [-0.3, -0.25) is 4.79 Å². The number of anilines is 1. The van der Waals surface area contributed by atoms with Crippen LogP contribution in [0.4, 0.5) is 5.82 Å². The van der Waals surface area contributed by atoms with Gasteiger partial charge in [0.2, 0.25) is 0 Å². The van der Waals surface area contributed by atoms with Gasteiger partial charge >= 0.3 is 0 Å². The number of carbonyl (C=O) groups excluding carboxylic acids is 1. The van der Waals surface area contributed by atoms with Gasteiger partial charge in [0, 0.05) is 25.8 Å². The summed E-state index contributed by atoms with van der Waals surface area (Å²) in [5, 5.41) is 7.26. The minimum Gasteiger partial charge on any atom is -0.378 e. The van der Waals surface area contributed by atoms with Crippen molar-refractivity contribution >= 4 is 23.1 Å². The number of nitrogens with one attached hydrogen (secondary N) is 1. The van der Waals surface area contributed by atoms with Crippen molar-refractivity contribution in [3.05, 3.63) is 46.3 Å². The van der Waals surface area contributed by atoms with Crippen LogP contribution in [0, 0.1) is 0 Å². The molecule has 1 amide bonds. The molecule has 1 N–H and O–H groups in total. The quantitative estimate of drug-likeness (QED) is 0.854. The number of ether oxygens (including phenoxy) is 1. The number of amides is 1. The Hall–Kier alpha value is -1.96. The molecule has 1 aliphatic heterocycles. The van der Waals surface area contributed by atoms with Crippen LogP contribution in [0.2, 0.25) is 0 Å². The molecule has 3 rings (SSSR count). The first-order chi connectivity index (χ1) is 12.2. The van der Waals surface area contributed by atoms with E-state index in [1.165, 1.54) is 5.56 Å². The van der Waals surface area contributed by atoms with E-state index in [4.69, 9.17) is 4.74 Å². The summed E-state index contributed by atoms with van der Waals surface area (Å²) in [4.78, 5) is 21.4. The van der Waals surface area contributed by atoms with Crippen LogP contribution in [0.25, 0.3) is 0 Å². The van der Waals surface area contributed by atoms with Gasteiger partial charge in [0.15, 0.2) is 0 Å². The van der Waals surface area contributed by atoms with Crippen LogP contribution in [0.3, 0.4) is 0 Å². The molecule has 0 aliphatic carbocycles. The molecule has 3 heterocycles. The molecule has 134 valence electrons. The number of pyridine rings is 1. The third-order valence-corrected chi connectivity index (χ3v) is 5.05. The molecule has 0 radical (unpaired) electrons. The van der Waals surface area contributed by atoms with Crippen molar-refractivity contribution < 1.29 is 9.53 Å². The van der Waals surface area contributed by atoms with E-state index in [0.29, 0.717) is 25.3 Å². The van der Waals surface area contributed by atoms with Gasteiger partial charge in [0.25, 0.3) is 5.91 Å². The van der Waals surface area contributed by atoms with Crippen molar-refractivity contribution in [2.45, 2.75) is 6.04 Å². The molecule has 1 atom stereocenters. The average molecular weight is 360 g/mol. The van der Waals surface area contributed by atoms with Gasteiger partial charge in [0.05, 0.1) is 24.8 Å². The summed E-state index contributed by atoms with van der Waals surface area (Å²) in [7, 11) is 4.05. The molecule has 2 aromatic heterocycles. The molecule has 0 unspecified atom stereocenters. The average Bonchev–Trinajstić information content (AvgIpc) is 3.16. The number of likely N-dealkylation sites (N-methyl/N-ethyl adjacent to an activating group) is 1.